The van der Waals surface area contributed by atoms with Gasteiger partial charge in [-0.15, -0.1) is 0 Å². The van der Waals surface area contributed by atoms with E-state index in [0.29, 0.717) is 5.92 Å². The van der Waals surface area contributed by atoms with Crippen LogP contribution < -0.4 is 0 Å². The molecule has 24 heavy (non-hydrogen) atoms. The van der Waals surface area contributed by atoms with Crippen molar-refractivity contribution < 1.29 is 0 Å². The first-order valence-corrected chi connectivity index (χ1v) is 9.57. The number of imidazole rings is 1. The van der Waals surface area contributed by atoms with Crippen molar-refractivity contribution in [3.05, 3.63) is 30.1 Å². The molecule has 3 rings (SSSR count). The summed E-state index contributed by atoms with van der Waals surface area (Å²) < 4.78 is 2.32. The van der Waals surface area contributed by atoms with E-state index >= 15 is 0 Å². The molecule has 1 aliphatic rings. The second kappa shape index (κ2) is 7.83. The van der Waals surface area contributed by atoms with Crippen LogP contribution in [0.4, 0.5) is 0 Å². The van der Waals surface area contributed by atoms with E-state index in [1.165, 1.54) is 56.3 Å². The highest BCUT2D eigenvalue weighted by Gasteiger charge is 2.26. The van der Waals surface area contributed by atoms with E-state index in [-0.39, 0.29) is 5.92 Å². The van der Waals surface area contributed by atoms with Gasteiger partial charge in [-0.3, -0.25) is 0 Å². The van der Waals surface area contributed by atoms with Crippen LogP contribution in [-0.4, -0.2) is 9.55 Å². The molecular formula is C21H29N3. The molecule has 1 aromatic heterocycles. The molecule has 128 valence electrons. The summed E-state index contributed by atoms with van der Waals surface area (Å²) in [7, 11) is 0. The molecule has 0 saturated heterocycles. The average molecular weight is 323 g/mol. The third-order valence-electron chi connectivity index (χ3n) is 5.54. The molecule has 1 unspecified atom stereocenters. The maximum atomic E-state index is 9.24. The van der Waals surface area contributed by atoms with Gasteiger partial charge in [-0.25, -0.2) is 4.98 Å². The Kier molecular flexibility index (Phi) is 5.56. The van der Waals surface area contributed by atoms with Crippen molar-refractivity contribution in [2.75, 3.05) is 0 Å². The average Bonchev–Trinajstić information content (AvgIpc) is 2.99. The molecule has 0 amide bonds. The van der Waals surface area contributed by atoms with Crippen LogP contribution in [0.5, 0.6) is 0 Å². The third kappa shape index (κ3) is 3.64. The predicted molar refractivity (Wildman–Crippen MR) is 98.7 cm³/mol. The van der Waals surface area contributed by atoms with E-state index in [2.05, 4.69) is 41.8 Å². The Morgan fingerprint density at radius 2 is 2.00 bits per heavy atom. The van der Waals surface area contributed by atoms with Gasteiger partial charge in [0.2, 0.25) is 0 Å². The van der Waals surface area contributed by atoms with Crippen LogP contribution in [0.25, 0.3) is 11.0 Å². The molecule has 1 aromatic carbocycles. The molecule has 1 heterocycles. The summed E-state index contributed by atoms with van der Waals surface area (Å²) in [6.45, 7) is 5.03. The second-order valence-electron chi connectivity index (χ2n) is 7.46. The minimum atomic E-state index is 0.0160. The van der Waals surface area contributed by atoms with Crippen molar-refractivity contribution in [3.8, 4) is 6.07 Å². The maximum Gasteiger partial charge on any atom is 0.113 e. The highest BCUT2D eigenvalue weighted by Crippen LogP contribution is 2.38. The number of rotatable bonds is 6. The van der Waals surface area contributed by atoms with Crippen LogP contribution in [0.1, 0.15) is 70.5 Å². The zero-order valence-electron chi connectivity index (χ0n) is 15.0. The number of fused-ring (bicyclic) bond motifs is 1. The first kappa shape index (κ1) is 17.0. The first-order chi connectivity index (χ1) is 11.7. The number of hydrogen-bond acceptors (Lipinski definition) is 2. The smallest absolute Gasteiger partial charge is 0.113 e. The summed E-state index contributed by atoms with van der Waals surface area (Å²) in [5, 5.41) is 9.24. The van der Waals surface area contributed by atoms with Gasteiger partial charge in [-0.1, -0.05) is 38.3 Å². The van der Waals surface area contributed by atoms with E-state index in [1.54, 1.807) is 0 Å². The summed E-state index contributed by atoms with van der Waals surface area (Å²) in [4.78, 5) is 4.96. The largest absolute Gasteiger partial charge is 0.326 e. The van der Waals surface area contributed by atoms with Crippen molar-refractivity contribution in [1.29, 1.82) is 5.26 Å². The predicted octanol–water partition coefficient (Wildman–Crippen LogP) is 5.66. The van der Waals surface area contributed by atoms with E-state index in [0.717, 1.165) is 18.0 Å². The lowest BCUT2D eigenvalue weighted by molar-refractivity contribution is 0.294. The minimum Gasteiger partial charge on any atom is -0.326 e. The summed E-state index contributed by atoms with van der Waals surface area (Å²) >= 11 is 0. The van der Waals surface area contributed by atoms with Crippen molar-refractivity contribution in [1.82, 2.24) is 9.55 Å². The molecule has 1 aliphatic carbocycles. The van der Waals surface area contributed by atoms with Gasteiger partial charge < -0.3 is 4.57 Å². The van der Waals surface area contributed by atoms with Crippen molar-refractivity contribution in [3.63, 3.8) is 0 Å². The Morgan fingerprint density at radius 3 is 2.71 bits per heavy atom. The lowest BCUT2D eigenvalue weighted by Gasteiger charge is -2.28. The summed E-state index contributed by atoms with van der Waals surface area (Å²) in [6, 6.07) is 10.7. The fraction of sp³-hybridized carbons (Fsp3) is 0.619. The van der Waals surface area contributed by atoms with Crippen LogP contribution in [0.3, 0.4) is 0 Å². The number of nitrogens with zero attached hydrogens (tertiary/aromatic N) is 3. The molecule has 3 heteroatoms. The molecule has 0 aliphatic heterocycles. The monoisotopic (exact) mass is 323 g/mol. The SMILES string of the molecule is CCCCC1CCC(c2nc3ccccc3n2CC(C)C#N)CC1. The Bertz CT molecular complexity index is 701. The third-order valence-corrected chi connectivity index (χ3v) is 5.54. The van der Waals surface area contributed by atoms with Crippen LogP contribution in [0.2, 0.25) is 0 Å². The summed E-state index contributed by atoms with van der Waals surface area (Å²) in [5.41, 5.74) is 2.26. The van der Waals surface area contributed by atoms with Gasteiger partial charge in [0.15, 0.2) is 0 Å². The van der Waals surface area contributed by atoms with Crippen LogP contribution in [0, 0.1) is 23.2 Å². The molecule has 3 nitrogen and oxygen atoms in total. The van der Waals surface area contributed by atoms with E-state index in [9.17, 15) is 5.26 Å². The van der Waals surface area contributed by atoms with E-state index in [1.807, 2.05) is 6.92 Å². The fourth-order valence-corrected chi connectivity index (χ4v) is 4.11. The Labute approximate surface area is 145 Å². The van der Waals surface area contributed by atoms with Crippen LogP contribution >= 0.6 is 0 Å². The minimum absolute atomic E-state index is 0.0160. The van der Waals surface area contributed by atoms with Crippen molar-refractivity contribution in [2.45, 2.75) is 71.3 Å². The zero-order chi connectivity index (χ0) is 16.9. The van der Waals surface area contributed by atoms with Crippen molar-refractivity contribution >= 4 is 11.0 Å². The first-order valence-electron chi connectivity index (χ1n) is 9.57. The highest BCUT2D eigenvalue weighted by atomic mass is 15.1. The van der Waals surface area contributed by atoms with Gasteiger partial charge in [0, 0.05) is 12.5 Å². The maximum absolute atomic E-state index is 9.24. The van der Waals surface area contributed by atoms with Gasteiger partial charge in [0.25, 0.3) is 0 Å². The number of hydrogen-bond donors (Lipinski definition) is 0. The van der Waals surface area contributed by atoms with Gasteiger partial charge in [0.1, 0.15) is 5.82 Å². The Hall–Kier alpha value is -1.82. The molecule has 0 bridgehead atoms. The Morgan fingerprint density at radius 1 is 1.25 bits per heavy atom. The van der Waals surface area contributed by atoms with Crippen LogP contribution in [-0.2, 0) is 6.54 Å². The zero-order valence-corrected chi connectivity index (χ0v) is 15.0. The number of unbranched alkanes of at least 4 members (excludes halogenated alkanes) is 1. The number of benzene rings is 1. The quantitative estimate of drug-likeness (QED) is 0.688. The van der Waals surface area contributed by atoms with E-state index < -0.39 is 0 Å². The van der Waals surface area contributed by atoms with Crippen molar-refractivity contribution in [2.24, 2.45) is 11.8 Å². The summed E-state index contributed by atoms with van der Waals surface area (Å²) in [6.07, 6.45) is 9.24. The fourth-order valence-electron chi connectivity index (χ4n) is 4.11. The van der Waals surface area contributed by atoms with Gasteiger partial charge in [0.05, 0.1) is 23.0 Å². The number of para-hydroxylation sites is 2. The molecule has 1 atom stereocenters. The topological polar surface area (TPSA) is 41.6 Å². The molecule has 0 radical (unpaired) electrons. The molecular weight excluding hydrogens is 294 g/mol. The summed E-state index contributed by atoms with van der Waals surface area (Å²) in [5.74, 6) is 2.70. The number of nitriles is 1. The molecule has 0 spiro atoms. The van der Waals surface area contributed by atoms with Gasteiger partial charge in [-0.2, -0.15) is 5.26 Å². The Balaban J connectivity index is 1.81. The van der Waals surface area contributed by atoms with Gasteiger partial charge in [-0.05, 0) is 50.7 Å². The lowest BCUT2D eigenvalue weighted by Crippen LogP contribution is -2.18. The lowest BCUT2D eigenvalue weighted by atomic mass is 9.79. The normalized spacial score (nSPS) is 22.4. The van der Waals surface area contributed by atoms with Crippen LogP contribution in [0.15, 0.2) is 24.3 Å². The molecule has 2 aromatic rings. The second-order valence-corrected chi connectivity index (χ2v) is 7.46. The highest BCUT2D eigenvalue weighted by molar-refractivity contribution is 5.76. The molecule has 0 N–H and O–H groups in total. The van der Waals surface area contributed by atoms with E-state index in [4.69, 9.17) is 4.98 Å². The standard InChI is InChI=1S/C21H29N3/c1-3-4-7-17-10-12-18(13-11-17)21-23-19-8-5-6-9-20(19)24(21)15-16(2)14-22/h5-6,8-9,16-18H,3-4,7,10-13,15H2,1-2H3. The molecule has 1 fully saturated rings. The molecule has 1 saturated carbocycles. The number of aromatic nitrogens is 2. The van der Waals surface area contributed by atoms with Gasteiger partial charge >= 0.3 is 0 Å².